The van der Waals surface area contributed by atoms with E-state index in [9.17, 15) is 19.7 Å². The van der Waals surface area contributed by atoms with Gasteiger partial charge in [-0.3, -0.25) is 14.9 Å². The maximum Gasteiger partial charge on any atom is 0.333 e. The number of methoxy groups -OCH3 is 1. The molecule has 0 amide bonds. The number of hydrogen-bond acceptors (Lipinski definition) is 6. The lowest BCUT2D eigenvalue weighted by Gasteiger charge is -2.17. The molecule has 0 atom stereocenters. The maximum atomic E-state index is 12.1. The molecule has 0 saturated heterocycles. The van der Waals surface area contributed by atoms with Crippen molar-refractivity contribution in [2.75, 3.05) is 7.11 Å². The monoisotopic (exact) mass is 365 g/mol. The lowest BCUT2D eigenvalue weighted by atomic mass is 9.97. The SMILES string of the molecule is CC.CC/C(=C\c1ccc([N+](=O)[O-])cc1OC(=O)C(C)(C)C)C(=O)OC. The number of benzene rings is 1. The molecule has 0 heterocycles. The average molecular weight is 365 g/mol. The number of hydrogen-bond donors (Lipinski definition) is 0. The molecular formula is C19H27NO6. The van der Waals surface area contributed by atoms with Gasteiger partial charge in [-0.15, -0.1) is 0 Å². The summed E-state index contributed by atoms with van der Waals surface area (Å²) in [7, 11) is 1.27. The summed E-state index contributed by atoms with van der Waals surface area (Å²) >= 11 is 0. The van der Waals surface area contributed by atoms with Crippen LogP contribution in [0.5, 0.6) is 5.75 Å². The van der Waals surface area contributed by atoms with Crippen LogP contribution >= 0.6 is 0 Å². The summed E-state index contributed by atoms with van der Waals surface area (Å²) in [5, 5.41) is 11.0. The second-order valence-corrected chi connectivity index (χ2v) is 6.13. The fraction of sp³-hybridized carbons (Fsp3) is 0.474. The molecule has 0 saturated carbocycles. The quantitative estimate of drug-likeness (QED) is 0.250. The predicted molar refractivity (Wildman–Crippen MR) is 99.8 cm³/mol. The molecule has 1 aromatic rings. The Kier molecular flexibility index (Phi) is 9.25. The summed E-state index contributed by atoms with van der Waals surface area (Å²) in [6.07, 6.45) is 1.90. The van der Waals surface area contributed by atoms with Crippen LogP contribution in [-0.2, 0) is 14.3 Å². The van der Waals surface area contributed by atoms with Crippen LogP contribution in [0.2, 0.25) is 0 Å². The highest BCUT2D eigenvalue weighted by atomic mass is 16.6. The first-order valence-electron chi connectivity index (χ1n) is 8.39. The van der Waals surface area contributed by atoms with Crippen LogP contribution in [0, 0.1) is 15.5 Å². The van der Waals surface area contributed by atoms with E-state index in [0.717, 1.165) is 0 Å². The molecule has 26 heavy (non-hydrogen) atoms. The van der Waals surface area contributed by atoms with Gasteiger partial charge in [0.2, 0.25) is 0 Å². The average Bonchev–Trinajstić information content (AvgIpc) is 2.60. The van der Waals surface area contributed by atoms with Gasteiger partial charge in [-0.1, -0.05) is 20.8 Å². The number of nitro groups is 1. The number of carbonyl (C=O) groups is 2. The van der Waals surface area contributed by atoms with Crippen molar-refractivity contribution in [2.45, 2.75) is 48.0 Å². The summed E-state index contributed by atoms with van der Waals surface area (Å²) in [4.78, 5) is 34.2. The van der Waals surface area contributed by atoms with Gasteiger partial charge < -0.3 is 9.47 Å². The molecule has 0 aliphatic rings. The molecule has 0 unspecified atom stereocenters. The molecule has 0 spiro atoms. The Morgan fingerprint density at radius 1 is 1.23 bits per heavy atom. The molecular weight excluding hydrogens is 338 g/mol. The lowest BCUT2D eigenvalue weighted by molar-refractivity contribution is -0.384. The number of carbonyl (C=O) groups excluding carboxylic acids is 2. The minimum absolute atomic E-state index is 0.0268. The molecule has 7 nitrogen and oxygen atoms in total. The normalized spacial score (nSPS) is 11.1. The number of rotatable bonds is 5. The summed E-state index contributed by atoms with van der Waals surface area (Å²) in [5.41, 5.74) is -0.235. The fourth-order valence-electron chi connectivity index (χ4n) is 1.72. The molecule has 1 rings (SSSR count). The topological polar surface area (TPSA) is 95.7 Å². The molecule has 0 fully saturated rings. The second kappa shape index (κ2) is 10.3. The van der Waals surface area contributed by atoms with E-state index in [1.54, 1.807) is 27.7 Å². The third-order valence-electron chi connectivity index (χ3n) is 3.18. The lowest BCUT2D eigenvalue weighted by Crippen LogP contribution is -2.25. The van der Waals surface area contributed by atoms with Crippen LogP contribution in [0.1, 0.15) is 53.5 Å². The number of esters is 2. The van der Waals surface area contributed by atoms with Gasteiger partial charge in [-0.2, -0.15) is 0 Å². The van der Waals surface area contributed by atoms with Gasteiger partial charge in [0.1, 0.15) is 5.75 Å². The van der Waals surface area contributed by atoms with Gasteiger partial charge >= 0.3 is 11.9 Å². The zero-order valence-corrected chi connectivity index (χ0v) is 16.4. The zero-order chi connectivity index (χ0) is 20.5. The van der Waals surface area contributed by atoms with E-state index in [0.29, 0.717) is 17.6 Å². The fourth-order valence-corrected chi connectivity index (χ4v) is 1.72. The third-order valence-corrected chi connectivity index (χ3v) is 3.18. The van der Waals surface area contributed by atoms with Gasteiger partial charge in [0, 0.05) is 17.2 Å². The highest BCUT2D eigenvalue weighted by molar-refractivity contribution is 5.94. The van der Waals surface area contributed by atoms with Gasteiger partial charge in [-0.25, -0.2) is 4.79 Å². The Balaban J connectivity index is 0.00000301. The highest BCUT2D eigenvalue weighted by Crippen LogP contribution is 2.29. The predicted octanol–water partition coefficient (Wildman–Crippen LogP) is 4.54. The Morgan fingerprint density at radius 3 is 2.23 bits per heavy atom. The minimum Gasteiger partial charge on any atom is -0.466 e. The van der Waals surface area contributed by atoms with Crippen molar-refractivity contribution in [1.82, 2.24) is 0 Å². The molecule has 0 N–H and O–H groups in total. The van der Waals surface area contributed by atoms with Crippen LogP contribution in [0.25, 0.3) is 6.08 Å². The largest absolute Gasteiger partial charge is 0.466 e. The molecule has 0 bridgehead atoms. The third kappa shape index (κ3) is 6.66. The van der Waals surface area contributed by atoms with Crippen molar-refractivity contribution in [2.24, 2.45) is 5.41 Å². The van der Waals surface area contributed by atoms with Crippen LogP contribution < -0.4 is 4.74 Å². The summed E-state index contributed by atoms with van der Waals surface area (Å²) < 4.78 is 10.0. The van der Waals surface area contributed by atoms with Crippen LogP contribution in [0.3, 0.4) is 0 Å². The summed E-state index contributed by atoms with van der Waals surface area (Å²) in [6, 6.07) is 3.88. The highest BCUT2D eigenvalue weighted by Gasteiger charge is 2.25. The second-order valence-electron chi connectivity index (χ2n) is 6.13. The van der Waals surface area contributed by atoms with E-state index >= 15 is 0 Å². The molecule has 0 radical (unpaired) electrons. The van der Waals surface area contributed by atoms with Crippen molar-refractivity contribution < 1.29 is 24.0 Å². The number of nitrogens with zero attached hydrogens (tertiary/aromatic N) is 1. The number of nitro benzene ring substituents is 1. The number of non-ortho nitro benzene ring substituents is 1. The smallest absolute Gasteiger partial charge is 0.333 e. The van der Waals surface area contributed by atoms with Crippen molar-refractivity contribution in [3.8, 4) is 5.75 Å². The van der Waals surface area contributed by atoms with E-state index < -0.39 is 22.3 Å². The van der Waals surface area contributed by atoms with Gasteiger partial charge in [0.15, 0.2) is 0 Å². The molecule has 144 valence electrons. The first kappa shape index (κ1) is 23.3. The Labute approximate surface area is 154 Å². The molecule has 0 aliphatic carbocycles. The first-order valence-corrected chi connectivity index (χ1v) is 8.39. The van der Waals surface area contributed by atoms with Gasteiger partial charge in [0.05, 0.1) is 23.5 Å². The maximum absolute atomic E-state index is 12.1. The Hall–Kier alpha value is -2.70. The zero-order valence-electron chi connectivity index (χ0n) is 16.4. The molecule has 1 aromatic carbocycles. The van der Waals surface area contributed by atoms with E-state index in [-0.39, 0.29) is 11.4 Å². The van der Waals surface area contributed by atoms with Crippen molar-refractivity contribution in [3.63, 3.8) is 0 Å². The Bertz CT molecular complexity index is 686. The minimum atomic E-state index is -0.776. The molecule has 0 aliphatic heterocycles. The van der Waals surface area contributed by atoms with Crippen LogP contribution in [0.15, 0.2) is 23.8 Å². The molecule has 7 heteroatoms. The van der Waals surface area contributed by atoms with Gasteiger partial charge in [0.25, 0.3) is 5.69 Å². The standard InChI is InChI=1S/C17H21NO6.C2H6/c1-6-11(15(19)23-5)9-12-7-8-13(18(21)22)10-14(12)24-16(20)17(2,3)4;1-2/h7-10H,6H2,1-5H3;1-2H3/b11-9+;. The van der Waals surface area contributed by atoms with E-state index in [4.69, 9.17) is 4.74 Å². The molecule has 0 aromatic heterocycles. The van der Waals surface area contributed by atoms with Crippen molar-refractivity contribution >= 4 is 23.7 Å². The van der Waals surface area contributed by atoms with E-state index in [2.05, 4.69) is 4.74 Å². The first-order chi connectivity index (χ1) is 12.1. The van der Waals surface area contributed by atoms with Crippen LogP contribution in [-0.4, -0.2) is 24.0 Å². The van der Waals surface area contributed by atoms with Gasteiger partial charge in [-0.05, 0) is 39.3 Å². The van der Waals surface area contributed by atoms with E-state index in [1.165, 1.54) is 31.4 Å². The Morgan fingerprint density at radius 2 is 1.81 bits per heavy atom. The van der Waals surface area contributed by atoms with Crippen molar-refractivity contribution in [3.05, 3.63) is 39.4 Å². The van der Waals surface area contributed by atoms with Crippen LogP contribution in [0.4, 0.5) is 5.69 Å². The number of ether oxygens (including phenoxy) is 2. The van der Waals surface area contributed by atoms with Crippen molar-refractivity contribution in [1.29, 1.82) is 0 Å². The summed E-state index contributed by atoms with van der Waals surface area (Å²) in [6.45, 7) is 10.8. The summed E-state index contributed by atoms with van der Waals surface area (Å²) in [5.74, 6) is -1.02. The van der Waals surface area contributed by atoms with E-state index in [1.807, 2.05) is 13.8 Å².